The van der Waals surface area contributed by atoms with Gasteiger partial charge in [-0.3, -0.25) is 0 Å². The lowest BCUT2D eigenvalue weighted by Crippen LogP contribution is -2.49. The van der Waals surface area contributed by atoms with E-state index in [0.29, 0.717) is 11.6 Å². The summed E-state index contributed by atoms with van der Waals surface area (Å²) in [6, 6.07) is 14.9. The summed E-state index contributed by atoms with van der Waals surface area (Å²) >= 11 is 0. The van der Waals surface area contributed by atoms with Crippen molar-refractivity contribution in [2.45, 2.75) is 51.0 Å². The average Bonchev–Trinajstić information content (AvgIpc) is 3.15. The van der Waals surface area contributed by atoms with Crippen LogP contribution in [-0.2, 0) is 0 Å². The highest BCUT2D eigenvalue weighted by molar-refractivity contribution is 5.75. The van der Waals surface area contributed by atoms with E-state index in [2.05, 4.69) is 25.8 Å². The molecular weight excluding hydrogens is 407 g/mol. The number of aliphatic hydroxyl groups excluding tert-OH is 1. The lowest BCUT2D eigenvalue weighted by molar-refractivity contribution is 0.121. The number of anilines is 5. The van der Waals surface area contributed by atoms with Crippen molar-refractivity contribution >= 4 is 28.8 Å². The molecule has 2 aliphatic rings. The molecule has 0 bridgehead atoms. The molecule has 0 radical (unpaired) electrons. The Labute approximate surface area is 186 Å². The van der Waals surface area contributed by atoms with E-state index in [0.717, 1.165) is 42.9 Å². The summed E-state index contributed by atoms with van der Waals surface area (Å²) in [5, 5.41) is 19.9. The van der Waals surface area contributed by atoms with Crippen LogP contribution in [0.2, 0.25) is 0 Å². The number of nitrogens with zero attached hydrogens (tertiary/aromatic N) is 3. The monoisotopic (exact) mass is 434 g/mol. The van der Waals surface area contributed by atoms with E-state index in [-0.39, 0.29) is 24.3 Å². The third-order valence-corrected chi connectivity index (χ3v) is 6.12. The maximum absolute atomic E-state index is 14.3. The number of fused-ring (bicyclic) bond motifs is 1. The smallest absolute Gasteiger partial charge is 0.229 e. The van der Waals surface area contributed by atoms with Crippen LogP contribution in [0.5, 0.6) is 0 Å². The van der Waals surface area contributed by atoms with Gasteiger partial charge in [0.05, 0.1) is 23.7 Å². The molecule has 1 unspecified atom stereocenters. The quantitative estimate of drug-likeness (QED) is 0.467. The zero-order valence-electron chi connectivity index (χ0n) is 17.9. The van der Waals surface area contributed by atoms with Gasteiger partial charge in [-0.25, -0.2) is 9.37 Å². The Kier molecular flexibility index (Phi) is 5.53. The first-order valence-electron chi connectivity index (χ1n) is 11.0. The second kappa shape index (κ2) is 8.63. The van der Waals surface area contributed by atoms with Crippen molar-refractivity contribution in [3.63, 3.8) is 0 Å². The van der Waals surface area contributed by atoms with Gasteiger partial charge >= 0.3 is 0 Å². The summed E-state index contributed by atoms with van der Waals surface area (Å²) in [6.45, 7) is 2.04. The van der Waals surface area contributed by atoms with E-state index in [1.807, 2.05) is 31.2 Å². The third-order valence-electron chi connectivity index (χ3n) is 6.12. The summed E-state index contributed by atoms with van der Waals surface area (Å²) < 4.78 is 14.3. The first-order chi connectivity index (χ1) is 15.6. The number of aromatic nitrogens is 2. The fraction of sp³-hybridized carbons (Fsp3) is 0.333. The molecule has 1 aliphatic heterocycles. The van der Waals surface area contributed by atoms with Crippen molar-refractivity contribution in [1.82, 2.24) is 9.97 Å². The molecule has 0 saturated heterocycles. The molecule has 1 aromatic heterocycles. The highest BCUT2D eigenvalue weighted by atomic mass is 19.1. The maximum atomic E-state index is 14.3. The van der Waals surface area contributed by atoms with E-state index in [1.54, 1.807) is 24.4 Å². The van der Waals surface area contributed by atoms with Crippen LogP contribution < -0.4 is 20.9 Å². The lowest BCUT2D eigenvalue weighted by atomic mass is 9.92. The zero-order valence-corrected chi connectivity index (χ0v) is 17.9. The Bertz CT molecular complexity index is 1080. The molecule has 1 saturated carbocycles. The molecule has 4 N–H and O–H groups in total. The molecule has 7 nitrogen and oxygen atoms in total. The van der Waals surface area contributed by atoms with E-state index >= 15 is 0 Å². The normalized spacial score (nSPS) is 22.2. The molecule has 0 amide bonds. The molecule has 166 valence electrons. The molecule has 1 fully saturated rings. The van der Waals surface area contributed by atoms with Crippen molar-refractivity contribution in [2.24, 2.45) is 0 Å². The van der Waals surface area contributed by atoms with Crippen molar-refractivity contribution in [3.8, 4) is 0 Å². The molecule has 8 heteroatoms. The Balaban J connectivity index is 1.44. The predicted octanol–water partition coefficient (Wildman–Crippen LogP) is 4.60. The van der Waals surface area contributed by atoms with Gasteiger partial charge in [0.2, 0.25) is 5.95 Å². The third kappa shape index (κ3) is 4.18. The molecule has 5 rings (SSSR count). The van der Waals surface area contributed by atoms with Crippen LogP contribution in [0.25, 0.3) is 0 Å². The Morgan fingerprint density at radius 1 is 1.06 bits per heavy atom. The van der Waals surface area contributed by atoms with Gasteiger partial charge in [0.1, 0.15) is 5.82 Å². The second-order valence-corrected chi connectivity index (χ2v) is 8.46. The van der Waals surface area contributed by atoms with Gasteiger partial charge in [-0.05, 0) is 56.9 Å². The molecule has 1 aliphatic carbocycles. The minimum absolute atomic E-state index is 0.165. The van der Waals surface area contributed by atoms with Crippen molar-refractivity contribution in [1.29, 1.82) is 0 Å². The number of hydrogen-bond acceptors (Lipinski definition) is 7. The van der Waals surface area contributed by atoms with Crippen LogP contribution in [0.1, 0.15) is 31.2 Å². The Morgan fingerprint density at radius 2 is 1.81 bits per heavy atom. The van der Waals surface area contributed by atoms with Crippen LogP contribution in [0, 0.1) is 12.7 Å². The number of nitrogens with one attached hydrogen (secondary N) is 3. The molecule has 2 aromatic carbocycles. The van der Waals surface area contributed by atoms with E-state index in [9.17, 15) is 9.50 Å². The van der Waals surface area contributed by atoms with Crippen molar-refractivity contribution in [2.75, 3.05) is 20.9 Å². The number of para-hydroxylation sites is 1. The topological polar surface area (TPSA) is 85.3 Å². The van der Waals surface area contributed by atoms with E-state index < -0.39 is 0 Å². The van der Waals surface area contributed by atoms with Gasteiger partial charge in [-0.1, -0.05) is 29.8 Å². The highest BCUT2D eigenvalue weighted by Gasteiger charge is 2.37. The fourth-order valence-corrected chi connectivity index (χ4v) is 4.39. The van der Waals surface area contributed by atoms with Gasteiger partial charge in [0.25, 0.3) is 0 Å². The van der Waals surface area contributed by atoms with Crippen LogP contribution in [0.3, 0.4) is 0 Å². The molecule has 2 heterocycles. The molecule has 32 heavy (non-hydrogen) atoms. The van der Waals surface area contributed by atoms with Crippen LogP contribution in [0.15, 0.2) is 54.7 Å². The zero-order chi connectivity index (χ0) is 22.1. The largest absolute Gasteiger partial charge is 0.393 e. The SMILES string of the molecule is Cc1ccc(Nc2ncc3c(n2)N(C2CCC(O)CC2)C(Nc2ccccc2F)N3)cc1. The van der Waals surface area contributed by atoms with Crippen LogP contribution >= 0.6 is 0 Å². The number of hydrogen-bond donors (Lipinski definition) is 4. The second-order valence-electron chi connectivity index (χ2n) is 8.46. The summed E-state index contributed by atoms with van der Waals surface area (Å²) in [6.07, 6.45) is 4.28. The number of aliphatic hydroxyl groups is 1. The van der Waals surface area contributed by atoms with Gasteiger partial charge in [0.15, 0.2) is 12.1 Å². The fourth-order valence-electron chi connectivity index (χ4n) is 4.39. The van der Waals surface area contributed by atoms with Gasteiger partial charge < -0.3 is 26.0 Å². The minimum Gasteiger partial charge on any atom is -0.393 e. The van der Waals surface area contributed by atoms with E-state index in [4.69, 9.17) is 4.98 Å². The van der Waals surface area contributed by atoms with Crippen molar-refractivity contribution < 1.29 is 9.50 Å². The molecule has 3 aromatic rings. The van der Waals surface area contributed by atoms with Crippen molar-refractivity contribution in [3.05, 3.63) is 66.1 Å². The standard InChI is InChI=1S/C24H27FN6O/c1-15-6-8-16(9-7-15)27-23-26-14-21-22(30-23)31(17-10-12-18(32)13-11-17)24(29-21)28-20-5-3-2-4-19(20)25/h2-9,14,17-18,24,28-29,32H,10-13H2,1H3,(H,26,27,30). The van der Waals surface area contributed by atoms with Crippen LogP contribution in [-0.4, -0.2) is 33.5 Å². The Morgan fingerprint density at radius 3 is 2.56 bits per heavy atom. The van der Waals surface area contributed by atoms with Gasteiger partial charge in [0, 0.05) is 11.7 Å². The molecular formula is C24H27FN6O. The van der Waals surface area contributed by atoms with E-state index in [1.165, 1.54) is 11.6 Å². The lowest BCUT2D eigenvalue weighted by Gasteiger charge is -2.38. The van der Waals surface area contributed by atoms with Gasteiger partial charge in [-0.15, -0.1) is 0 Å². The number of halogens is 1. The summed E-state index contributed by atoms with van der Waals surface area (Å²) in [4.78, 5) is 11.4. The van der Waals surface area contributed by atoms with Crippen LogP contribution in [0.4, 0.5) is 33.2 Å². The number of benzene rings is 2. The first-order valence-corrected chi connectivity index (χ1v) is 11.0. The first kappa shape index (κ1) is 20.5. The average molecular weight is 435 g/mol. The summed E-state index contributed by atoms with van der Waals surface area (Å²) in [7, 11) is 0. The Hall–Kier alpha value is -3.39. The van der Waals surface area contributed by atoms with Gasteiger partial charge in [-0.2, -0.15) is 4.98 Å². The maximum Gasteiger partial charge on any atom is 0.229 e. The predicted molar refractivity (Wildman–Crippen MR) is 125 cm³/mol. The summed E-state index contributed by atoms with van der Waals surface area (Å²) in [5.74, 6) is 0.962. The molecule has 1 atom stereocenters. The summed E-state index contributed by atoms with van der Waals surface area (Å²) in [5.41, 5.74) is 3.31. The number of aryl methyl sites for hydroxylation is 1. The highest BCUT2D eigenvalue weighted by Crippen LogP contribution is 2.39. The number of rotatable bonds is 5. The minimum atomic E-state index is -0.369. The molecule has 0 spiro atoms.